The summed E-state index contributed by atoms with van der Waals surface area (Å²) in [5.41, 5.74) is 3.27. The van der Waals surface area contributed by atoms with Gasteiger partial charge in [-0.2, -0.15) is 4.31 Å². The standard InChI is InChI=1S/C24H29N3O3S/c1-2-13-27(22-9-4-3-5-10-22)24(28)19-25-14-16-26(17-15-25)31(29,30)23-12-11-20-7-6-8-21(20)18-23/h2-5,9-12,18H,1,6-8,13-17,19H2. The summed E-state index contributed by atoms with van der Waals surface area (Å²) in [7, 11) is -3.51. The first-order chi connectivity index (χ1) is 15.0. The Balaban J connectivity index is 1.38. The van der Waals surface area contributed by atoms with Gasteiger partial charge in [-0.25, -0.2) is 8.42 Å². The Labute approximate surface area is 184 Å². The highest BCUT2D eigenvalue weighted by molar-refractivity contribution is 7.89. The number of sulfonamides is 1. The maximum atomic E-state index is 13.1. The molecule has 4 rings (SSSR count). The molecule has 0 aromatic heterocycles. The number of piperazine rings is 1. The van der Waals surface area contributed by atoms with Gasteiger partial charge in [0, 0.05) is 38.4 Å². The van der Waals surface area contributed by atoms with Gasteiger partial charge >= 0.3 is 0 Å². The molecular formula is C24H29N3O3S. The van der Waals surface area contributed by atoms with Crippen LogP contribution in [-0.2, 0) is 27.7 Å². The van der Waals surface area contributed by atoms with E-state index in [0.717, 1.165) is 30.5 Å². The van der Waals surface area contributed by atoms with E-state index < -0.39 is 10.0 Å². The number of aryl methyl sites for hydroxylation is 2. The highest BCUT2D eigenvalue weighted by Gasteiger charge is 2.30. The number of carbonyl (C=O) groups excluding carboxylic acids is 1. The van der Waals surface area contributed by atoms with Crippen LogP contribution in [0.4, 0.5) is 5.69 Å². The summed E-state index contributed by atoms with van der Waals surface area (Å²) in [6.45, 7) is 6.31. The van der Waals surface area contributed by atoms with Gasteiger partial charge in [0.05, 0.1) is 11.4 Å². The summed E-state index contributed by atoms with van der Waals surface area (Å²) < 4.78 is 27.8. The maximum Gasteiger partial charge on any atom is 0.243 e. The molecule has 1 saturated heterocycles. The maximum absolute atomic E-state index is 13.1. The second kappa shape index (κ2) is 9.34. The van der Waals surface area contributed by atoms with E-state index in [1.807, 2.05) is 47.4 Å². The topological polar surface area (TPSA) is 60.9 Å². The number of hydrogen-bond donors (Lipinski definition) is 0. The van der Waals surface area contributed by atoms with Crippen LogP contribution in [0.1, 0.15) is 17.5 Å². The molecule has 2 aliphatic rings. The number of para-hydroxylation sites is 1. The molecule has 0 bridgehead atoms. The molecule has 0 atom stereocenters. The average Bonchev–Trinajstić information content (AvgIpc) is 3.26. The second-order valence-corrected chi connectivity index (χ2v) is 10.0. The number of amides is 1. The third-order valence-electron chi connectivity index (χ3n) is 6.08. The molecule has 2 aromatic rings. The fraction of sp³-hybridized carbons (Fsp3) is 0.375. The van der Waals surface area contributed by atoms with E-state index in [1.165, 1.54) is 5.56 Å². The molecule has 1 aliphatic carbocycles. The largest absolute Gasteiger partial charge is 0.308 e. The molecule has 0 unspecified atom stereocenters. The van der Waals surface area contributed by atoms with E-state index in [2.05, 4.69) is 6.58 Å². The first-order valence-corrected chi connectivity index (χ1v) is 12.2. The molecule has 1 heterocycles. The first-order valence-electron chi connectivity index (χ1n) is 10.8. The van der Waals surface area contributed by atoms with Crippen LogP contribution in [0.5, 0.6) is 0 Å². The van der Waals surface area contributed by atoms with Crippen LogP contribution in [0, 0.1) is 0 Å². The van der Waals surface area contributed by atoms with Gasteiger partial charge in [0.25, 0.3) is 0 Å². The van der Waals surface area contributed by atoms with Crippen molar-refractivity contribution >= 4 is 21.6 Å². The Hall–Kier alpha value is -2.48. The average molecular weight is 440 g/mol. The lowest BCUT2D eigenvalue weighted by atomic mass is 10.1. The van der Waals surface area contributed by atoms with Crippen molar-refractivity contribution < 1.29 is 13.2 Å². The summed E-state index contributed by atoms with van der Waals surface area (Å²) >= 11 is 0. The van der Waals surface area contributed by atoms with Crippen LogP contribution in [-0.4, -0.2) is 62.8 Å². The highest BCUT2D eigenvalue weighted by Crippen LogP contribution is 2.26. The van der Waals surface area contributed by atoms with Crippen LogP contribution in [0.15, 0.2) is 66.1 Å². The fourth-order valence-corrected chi connectivity index (χ4v) is 5.82. The van der Waals surface area contributed by atoms with Crippen molar-refractivity contribution in [3.05, 3.63) is 72.3 Å². The number of rotatable bonds is 7. The van der Waals surface area contributed by atoms with Crippen molar-refractivity contribution in [1.29, 1.82) is 0 Å². The lowest BCUT2D eigenvalue weighted by molar-refractivity contribution is -0.119. The van der Waals surface area contributed by atoms with Gasteiger partial charge in [-0.1, -0.05) is 30.3 Å². The summed E-state index contributed by atoms with van der Waals surface area (Å²) in [6, 6.07) is 15.1. The van der Waals surface area contributed by atoms with Crippen molar-refractivity contribution in [2.24, 2.45) is 0 Å². The number of carbonyl (C=O) groups is 1. The molecule has 1 fully saturated rings. The quantitative estimate of drug-likeness (QED) is 0.623. The van der Waals surface area contributed by atoms with Gasteiger partial charge in [0.1, 0.15) is 0 Å². The first kappa shape index (κ1) is 21.7. The molecule has 31 heavy (non-hydrogen) atoms. The van der Waals surface area contributed by atoms with Gasteiger partial charge in [-0.05, 0) is 54.7 Å². The van der Waals surface area contributed by atoms with E-state index in [4.69, 9.17) is 0 Å². The van der Waals surface area contributed by atoms with Crippen LogP contribution in [0.25, 0.3) is 0 Å². The minimum absolute atomic E-state index is 0.0129. The number of fused-ring (bicyclic) bond motifs is 1. The predicted octanol–water partition coefficient (Wildman–Crippen LogP) is 2.70. The summed E-state index contributed by atoms with van der Waals surface area (Å²) in [5, 5.41) is 0. The van der Waals surface area contributed by atoms with Crippen LogP contribution in [0.2, 0.25) is 0 Å². The van der Waals surface area contributed by atoms with Gasteiger partial charge in [0.15, 0.2) is 0 Å². The molecule has 0 saturated carbocycles. The normalized spacial score (nSPS) is 17.3. The fourth-order valence-electron chi connectivity index (χ4n) is 4.35. The lowest BCUT2D eigenvalue weighted by Gasteiger charge is -2.34. The summed E-state index contributed by atoms with van der Waals surface area (Å²) in [4.78, 5) is 17.0. The lowest BCUT2D eigenvalue weighted by Crippen LogP contribution is -2.51. The summed E-state index contributed by atoms with van der Waals surface area (Å²) in [5.74, 6) is -0.0129. The highest BCUT2D eigenvalue weighted by atomic mass is 32.2. The Kier molecular flexibility index (Phi) is 6.55. The van der Waals surface area contributed by atoms with Crippen LogP contribution in [0.3, 0.4) is 0 Å². The number of nitrogens with zero attached hydrogens (tertiary/aromatic N) is 3. The molecule has 7 heteroatoms. The molecule has 0 N–H and O–H groups in total. The third kappa shape index (κ3) is 4.74. The SMILES string of the molecule is C=CCN(C(=O)CN1CCN(S(=O)(=O)c2ccc3c(c2)CCC3)CC1)c1ccccc1. The number of anilines is 1. The zero-order valence-electron chi connectivity index (χ0n) is 17.7. The molecular weight excluding hydrogens is 410 g/mol. The van der Waals surface area contributed by atoms with E-state index in [0.29, 0.717) is 37.6 Å². The Morgan fingerprint density at radius 3 is 2.42 bits per heavy atom. The van der Waals surface area contributed by atoms with Gasteiger partial charge in [-0.3, -0.25) is 9.69 Å². The van der Waals surface area contributed by atoms with Gasteiger partial charge < -0.3 is 4.90 Å². The van der Waals surface area contributed by atoms with Crippen molar-refractivity contribution in [2.75, 3.05) is 44.2 Å². The smallest absolute Gasteiger partial charge is 0.243 e. The Bertz CT molecular complexity index is 1040. The van der Waals surface area contributed by atoms with E-state index in [1.54, 1.807) is 21.3 Å². The minimum atomic E-state index is -3.51. The van der Waals surface area contributed by atoms with Gasteiger partial charge in [-0.15, -0.1) is 6.58 Å². The van der Waals surface area contributed by atoms with E-state index in [9.17, 15) is 13.2 Å². The van der Waals surface area contributed by atoms with E-state index >= 15 is 0 Å². The molecule has 1 amide bonds. The van der Waals surface area contributed by atoms with Crippen molar-refractivity contribution in [2.45, 2.75) is 24.2 Å². The Morgan fingerprint density at radius 1 is 1.00 bits per heavy atom. The molecule has 0 spiro atoms. The summed E-state index contributed by atoms with van der Waals surface area (Å²) in [6.07, 6.45) is 4.80. The molecule has 1 aliphatic heterocycles. The minimum Gasteiger partial charge on any atom is -0.308 e. The molecule has 164 valence electrons. The molecule has 6 nitrogen and oxygen atoms in total. The number of benzene rings is 2. The van der Waals surface area contributed by atoms with Crippen LogP contribution < -0.4 is 4.90 Å². The monoisotopic (exact) mass is 439 g/mol. The van der Waals surface area contributed by atoms with Crippen molar-refractivity contribution in [3.8, 4) is 0 Å². The van der Waals surface area contributed by atoms with Crippen molar-refractivity contribution in [3.63, 3.8) is 0 Å². The number of hydrogen-bond acceptors (Lipinski definition) is 4. The second-order valence-electron chi connectivity index (χ2n) is 8.09. The zero-order chi connectivity index (χ0) is 21.8. The molecule has 2 aromatic carbocycles. The van der Waals surface area contributed by atoms with Crippen LogP contribution >= 0.6 is 0 Å². The predicted molar refractivity (Wildman–Crippen MR) is 123 cm³/mol. The zero-order valence-corrected chi connectivity index (χ0v) is 18.6. The van der Waals surface area contributed by atoms with E-state index in [-0.39, 0.29) is 12.5 Å². The third-order valence-corrected chi connectivity index (χ3v) is 7.97. The Morgan fingerprint density at radius 2 is 1.71 bits per heavy atom. The van der Waals surface area contributed by atoms with Crippen molar-refractivity contribution in [1.82, 2.24) is 9.21 Å². The van der Waals surface area contributed by atoms with Gasteiger partial charge in [0.2, 0.25) is 15.9 Å². The molecule has 0 radical (unpaired) electrons.